The molecule has 0 aliphatic carbocycles. The van der Waals surface area contributed by atoms with Crippen LogP contribution in [0.5, 0.6) is 0 Å². The van der Waals surface area contributed by atoms with Gasteiger partial charge in [-0.25, -0.2) is 4.98 Å². The molecule has 7 heteroatoms. The minimum Gasteiger partial charge on any atom is -0.380 e. The van der Waals surface area contributed by atoms with Crippen molar-refractivity contribution in [2.24, 2.45) is 7.05 Å². The van der Waals surface area contributed by atoms with Crippen molar-refractivity contribution in [3.63, 3.8) is 0 Å². The lowest BCUT2D eigenvalue weighted by atomic mass is 10.3. The van der Waals surface area contributed by atoms with Crippen molar-refractivity contribution in [3.05, 3.63) is 15.1 Å². The van der Waals surface area contributed by atoms with Gasteiger partial charge < -0.3 is 14.8 Å². The van der Waals surface area contributed by atoms with Crippen LogP contribution in [0.15, 0.2) is 10.7 Å². The largest absolute Gasteiger partial charge is 0.380 e. The first kappa shape index (κ1) is 9.78. The number of imidazole rings is 1. The van der Waals surface area contributed by atoms with Crippen molar-refractivity contribution < 1.29 is 4.52 Å². The van der Waals surface area contributed by atoms with Crippen LogP contribution in [0.1, 0.15) is 0 Å². The van der Waals surface area contributed by atoms with Crippen molar-refractivity contribution in [2.45, 2.75) is 0 Å². The standard InChI is InChI=1S/C7H6ClIN4O/c1-13-3(2-11-7(13)8)5-4(9)6(10)12-14-5/h2H,1H3,(H2,10,12). The number of anilines is 1. The fourth-order valence-electron chi connectivity index (χ4n) is 1.05. The molecule has 0 amide bonds. The van der Waals surface area contributed by atoms with Crippen molar-refractivity contribution in [1.82, 2.24) is 14.7 Å². The van der Waals surface area contributed by atoms with Gasteiger partial charge in [0, 0.05) is 7.05 Å². The third kappa shape index (κ3) is 1.38. The number of nitrogens with two attached hydrogens (primary N) is 1. The predicted octanol–water partition coefficient (Wildman–Crippen LogP) is 1.92. The number of rotatable bonds is 1. The second kappa shape index (κ2) is 3.43. The van der Waals surface area contributed by atoms with E-state index in [9.17, 15) is 0 Å². The van der Waals surface area contributed by atoms with E-state index in [0.717, 1.165) is 9.26 Å². The number of nitrogen functional groups attached to an aromatic ring is 1. The molecule has 14 heavy (non-hydrogen) atoms. The normalized spacial score (nSPS) is 10.8. The number of nitrogens with zero attached hydrogens (tertiary/aromatic N) is 3. The Balaban J connectivity index is 2.60. The summed E-state index contributed by atoms with van der Waals surface area (Å²) in [5, 5.41) is 4.05. The Kier molecular flexibility index (Phi) is 2.40. The molecule has 2 N–H and O–H groups in total. The molecule has 5 nitrogen and oxygen atoms in total. The molecule has 0 spiro atoms. The molecule has 0 aliphatic heterocycles. The highest BCUT2D eigenvalue weighted by Gasteiger charge is 2.17. The van der Waals surface area contributed by atoms with Crippen LogP contribution in [0.2, 0.25) is 5.28 Å². The summed E-state index contributed by atoms with van der Waals surface area (Å²) in [6.07, 6.45) is 1.62. The van der Waals surface area contributed by atoms with E-state index in [1.807, 2.05) is 0 Å². The third-order valence-corrected chi connectivity index (χ3v) is 3.22. The van der Waals surface area contributed by atoms with Gasteiger partial charge in [-0.15, -0.1) is 0 Å². The fraction of sp³-hybridized carbons (Fsp3) is 0.143. The van der Waals surface area contributed by atoms with E-state index >= 15 is 0 Å². The zero-order valence-electron chi connectivity index (χ0n) is 7.16. The van der Waals surface area contributed by atoms with Gasteiger partial charge in [-0.2, -0.15) is 0 Å². The minimum atomic E-state index is 0.373. The summed E-state index contributed by atoms with van der Waals surface area (Å²) in [4.78, 5) is 3.94. The van der Waals surface area contributed by atoms with Crippen molar-refractivity contribution in [3.8, 4) is 11.5 Å². The van der Waals surface area contributed by atoms with E-state index in [1.54, 1.807) is 17.8 Å². The van der Waals surface area contributed by atoms with Gasteiger partial charge in [0.15, 0.2) is 11.6 Å². The molecule has 2 heterocycles. The first-order valence-corrected chi connectivity index (χ1v) is 5.15. The number of hydrogen-bond acceptors (Lipinski definition) is 4. The van der Waals surface area contributed by atoms with Crippen LogP contribution in [0, 0.1) is 3.57 Å². The summed E-state index contributed by atoms with van der Waals surface area (Å²) in [7, 11) is 1.79. The van der Waals surface area contributed by atoms with Gasteiger partial charge in [0.05, 0.1) is 6.20 Å². The second-order valence-electron chi connectivity index (χ2n) is 2.68. The van der Waals surface area contributed by atoms with Crippen LogP contribution in [0.3, 0.4) is 0 Å². The van der Waals surface area contributed by atoms with E-state index in [1.165, 1.54) is 0 Å². The molecule has 2 aromatic heterocycles. The zero-order chi connectivity index (χ0) is 10.3. The first-order chi connectivity index (χ1) is 6.61. The highest BCUT2D eigenvalue weighted by atomic mass is 127. The molecule has 0 aromatic carbocycles. The Morgan fingerprint density at radius 1 is 1.64 bits per heavy atom. The predicted molar refractivity (Wildman–Crippen MR) is 60.8 cm³/mol. The van der Waals surface area contributed by atoms with Crippen molar-refractivity contribution in [2.75, 3.05) is 5.73 Å². The Hall–Kier alpha value is -0.760. The lowest BCUT2D eigenvalue weighted by molar-refractivity contribution is 0.432. The molecule has 0 fully saturated rings. The molecule has 0 radical (unpaired) electrons. The first-order valence-electron chi connectivity index (χ1n) is 3.69. The average molecular weight is 325 g/mol. The van der Waals surface area contributed by atoms with Crippen LogP contribution in [0.4, 0.5) is 5.82 Å². The summed E-state index contributed by atoms with van der Waals surface area (Å²) in [5.41, 5.74) is 6.31. The fourth-order valence-corrected chi connectivity index (χ4v) is 1.66. The molecule has 74 valence electrons. The van der Waals surface area contributed by atoms with Crippen LogP contribution in [0.25, 0.3) is 11.5 Å². The molecule has 2 aromatic rings. The number of halogens is 2. The summed E-state index contributed by atoms with van der Waals surface area (Å²) >= 11 is 7.86. The van der Waals surface area contributed by atoms with Gasteiger partial charge >= 0.3 is 0 Å². The maximum atomic E-state index is 5.79. The molecular formula is C7H6ClIN4O. The Labute approximate surface area is 98.4 Å². The topological polar surface area (TPSA) is 69.9 Å². The number of hydrogen-bond donors (Lipinski definition) is 1. The minimum absolute atomic E-state index is 0.373. The molecule has 0 saturated heterocycles. The van der Waals surface area contributed by atoms with Gasteiger partial charge in [0.1, 0.15) is 9.26 Å². The van der Waals surface area contributed by atoms with Crippen molar-refractivity contribution >= 4 is 40.0 Å². The lowest BCUT2D eigenvalue weighted by Gasteiger charge is -1.97. The summed E-state index contributed by atoms with van der Waals surface area (Å²) in [5.74, 6) is 0.961. The Morgan fingerprint density at radius 2 is 2.36 bits per heavy atom. The monoisotopic (exact) mass is 324 g/mol. The number of aromatic nitrogens is 3. The average Bonchev–Trinajstić information content (AvgIpc) is 2.63. The van der Waals surface area contributed by atoms with E-state index < -0.39 is 0 Å². The smallest absolute Gasteiger partial charge is 0.202 e. The summed E-state index contributed by atoms with van der Waals surface area (Å²) in [6.45, 7) is 0. The van der Waals surface area contributed by atoms with Gasteiger partial charge in [0.25, 0.3) is 0 Å². The SMILES string of the molecule is Cn1c(-c2onc(N)c2I)cnc1Cl. The van der Waals surface area contributed by atoms with E-state index in [2.05, 4.69) is 32.7 Å². The quantitative estimate of drug-likeness (QED) is 0.814. The van der Waals surface area contributed by atoms with Crippen LogP contribution in [-0.2, 0) is 7.05 Å². The van der Waals surface area contributed by atoms with Gasteiger partial charge in [-0.1, -0.05) is 5.16 Å². The van der Waals surface area contributed by atoms with Gasteiger partial charge in [-0.05, 0) is 34.2 Å². The van der Waals surface area contributed by atoms with E-state index in [0.29, 0.717) is 16.9 Å². The molecule has 0 saturated carbocycles. The second-order valence-corrected chi connectivity index (χ2v) is 4.10. The van der Waals surface area contributed by atoms with E-state index in [4.69, 9.17) is 21.9 Å². The molecule has 0 bridgehead atoms. The lowest BCUT2D eigenvalue weighted by Crippen LogP contribution is -1.92. The summed E-state index contributed by atoms with van der Waals surface area (Å²) in [6, 6.07) is 0. The maximum absolute atomic E-state index is 5.79. The highest BCUT2D eigenvalue weighted by molar-refractivity contribution is 14.1. The van der Waals surface area contributed by atoms with Crippen molar-refractivity contribution in [1.29, 1.82) is 0 Å². The highest BCUT2D eigenvalue weighted by Crippen LogP contribution is 2.29. The molecule has 0 atom stereocenters. The summed E-state index contributed by atoms with van der Waals surface area (Å²) < 4.78 is 7.54. The van der Waals surface area contributed by atoms with E-state index in [-0.39, 0.29) is 0 Å². The zero-order valence-corrected chi connectivity index (χ0v) is 10.1. The molecule has 0 aliphatic rings. The maximum Gasteiger partial charge on any atom is 0.202 e. The Morgan fingerprint density at radius 3 is 2.79 bits per heavy atom. The van der Waals surface area contributed by atoms with Gasteiger partial charge in [-0.3, -0.25) is 0 Å². The van der Waals surface area contributed by atoms with Crippen LogP contribution < -0.4 is 5.73 Å². The van der Waals surface area contributed by atoms with Crippen LogP contribution in [-0.4, -0.2) is 14.7 Å². The van der Waals surface area contributed by atoms with Gasteiger partial charge in [0.2, 0.25) is 5.28 Å². The molecule has 2 rings (SSSR count). The third-order valence-electron chi connectivity index (χ3n) is 1.82. The van der Waals surface area contributed by atoms with Crippen LogP contribution >= 0.6 is 34.2 Å². The molecular weight excluding hydrogens is 318 g/mol. The molecule has 0 unspecified atom stereocenters. The Bertz CT molecular complexity index is 434.